The van der Waals surface area contributed by atoms with Crippen molar-refractivity contribution in [3.8, 4) is 0 Å². The van der Waals surface area contributed by atoms with Gasteiger partial charge in [0.15, 0.2) is 0 Å². The predicted molar refractivity (Wildman–Crippen MR) is 79.0 cm³/mol. The van der Waals surface area contributed by atoms with Crippen LogP contribution in [0.25, 0.3) is 0 Å². The number of hydrogen-bond acceptors (Lipinski definition) is 3. The number of nitro groups is 1. The van der Waals surface area contributed by atoms with Gasteiger partial charge in [0.1, 0.15) is 0 Å². The average Bonchev–Trinajstić information content (AvgIpc) is 3.12. The number of halogens is 1. The Balaban J connectivity index is 1.93. The highest BCUT2D eigenvalue weighted by Gasteiger charge is 2.44. The summed E-state index contributed by atoms with van der Waals surface area (Å²) in [6.45, 7) is 6.20. The molecule has 0 amide bonds. The summed E-state index contributed by atoms with van der Waals surface area (Å²) < 4.78 is 0.530. The molecule has 19 heavy (non-hydrogen) atoms. The maximum Gasteiger partial charge on any atom is 0.283 e. The van der Waals surface area contributed by atoms with Gasteiger partial charge in [0.05, 0.1) is 9.40 Å². The molecule has 1 aromatic rings. The average molecular weight is 327 g/mol. The van der Waals surface area contributed by atoms with Crippen molar-refractivity contribution in [2.45, 2.75) is 33.2 Å². The maximum atomic E-state index is 10.9. The molecule has 1 aliphatic rings. The van der Waals surface area contributed by atoms with Gasteiger partial charge in [-0.05, 0) is 51.7 Å². The molecule has 1 saturated carbocycles. The second kappa shape index (κ2) is 5.59. The highest BCUT2D eigenvalue weighted by molar-refractivity contribution is 9.10. The van der Waals surface area contributed by atoms with Crippen LogP contribution in [0, 0.1) is 21.4 Å². The summed E-state index contributed by atoms with van der Waals surface area (Å²) in [5.41, 5.74) is 1.54. The van der Waals surface area contributed by atoms with Crippen molar-refractivity contribution < 1.29 is 4.92 Å². The van der Waals surface area contributed by atoms with Crippen LogP contribution in [0.15, 0.2) is 22.7 Å². The quantitative estimate of drug-likeness (QED) is 0.637. The number of nitrogens with zero attached hydrogens (tertiary/aromatic N) is 1. The summed E-state index contributed by atoms with van der Waals surface area (Å²) in [5.74, 6) is 0.694. The first kappa shape index (κ1) is 14.5. The number of nitro benzene ring substituents is 1. The molecule has 104 valence electrons. The van der Waals surface area contributed by atoms with E-state index >= 15 is 0 Å². The molecule has 1 aromatic carbocycles. The molecule has 0 bridgehead atoms. The normalized spacial score (nSPS) is 16.6. The zero-order valence-electron chi connectivity index (χ0n) is 11.3. The van der Waals surface area contributed by atoms with Gasteiger partial charge in [0.25, 0.3) is 5.69 Å². The van der Waals surface area contributed by atoms with Crippen LogP contribution in [0.3, 0.4) is 0 Å². The Morgan fingerprint density at radius 2 is 2.16 bits per heavy atom. The Labute approximate surface area is 121 Å². The Morgan fingerprint density at radius 3 is 2.68 bits per heavy atom. The zero-order valence-corrected chi connectivity index (χ0v) is 12.9. The second-order valence-corrected chi connectivity index (χ2v) is 6.52. The van der Waals surface area contributed by atoms with E-state index in [1.165, 1.54) is 12.8 Å². The van der Waals surface area contributed by atoms with E-state index in [4.69, 9.17) is 0 Å². The van der Waals surface area contributed by atoms with Crippen molar-refractivity contribution in [1.82, 2.24) is 5.32 Å². The Bertz CT molecular complexity index is 484. The molecule has 0 unspecified atom stereocenters. The van der Waals surface area contributed by atoms with Crippen molar-refractivity contribution in [2.24, 2.45) is 11.3 Å². The van der Waals surface area contributed by atoms with Gasteiger partial charge in [0.2, 0.25) is 0 Å². The number of rotatable bonds is 6. The lowest BCUT2D eigenvalue weighted by Gasteiger charge is -2.20. The number of nitrogens with one attached hydrogen (secondary N) is 1. The molecule has 4 nitrogen and oxygen atoms in total. The van der Waals surface area contributed by atoms with Crippen LogP contribution >= 0.6 is 15.9 Å². The molecule has 0 saturated heterocycles. The first-order valence-electron chi connectivity index (χ1n) is 6.58. The van der Waals surface area contributed by atoms with E-state index in [1.54, 1.807) is 12.1 Å². The predicted octanol–water partition coefficient (Wildman–Crippen LogP) is 3.88. The van der Waals surface area contributed by atoms with Gasteiger partial charge in [-0.15, -0.1) is 0 Å². The zero-order chi connectivity index (χ0) is 14.0. The van der Waals surface area contributed by atoms with Crippen LogP contribution in [0.1, 0.15) is 32.3 Å². The molecular weight excluding hydrogens is 308 g/mol. The minimum Gasteiger partial charge on any atom is -0.312 e. The monoisotopic (exact) mass is 326 g/mol. The minimum atomic E-state index is -0.357. The summed E-state index contributed by atoms with van der Waals surface area (Å²) in [5, 5.41) is 14.3. The fourth-order valence-corrected chi connectivity index (χ4v) is 2.77. The van der Waals surface area contributed by atoms with Crippen LogP contribution in [-0.2, 0) is 6.54 Å². The van der Waals surface area contributed by atoms with Gasteiger partial charge in [-0.3, -0.25) is 10.1 Å². The molecule has 0 aliphatic heterocycles. The van der Waals surface area contributed by atoms with Crippen LogP contribution in [-0.4, -0.2) is 11.5 Å². The van der Waals surface area contributed by atoms with Crippen LogP contribution in [0.4, 0.5) is 5.69 Å². The summed E-state index contributed by atoms with van der Waals surface area (Å²) in [7, 11) is 0. The van der Waals surface area contributed by atoms with Crippen molar-refractivity contribution in [3.05, 3.63) is 38.3 Å². The number of hydrogen-bond donors (Lipinski definition) is 1. The summed E-state index contributed by atoms with van der Waals surface area (Å²) in [4.78, 5) is 10.5. The molecular formula is C14H19BrN2O2. The second-order valence-electron chi connectivity index (χ2n) is 5.66. The topological polar surface area (TPSA) is 55.2 Å². The van der Waals surface area contributed by atoms with Gasteiger partial charge in [-0.2, -0.15) is 0 Å². The van der Waals surface area contributed by atoms with E-state index in [9.17, 15) is 10.1 Å². The number of benzene rings is 1. The Morgan fingerprint density at radius 1 is 1.47 bits per heavy atom. The highest BCUT2D eigenvalue weighted by atomic mass is 79.9. The maximum absolute atomic E-state index is 10.9. The van der Waals surface area contributed by atoms with Gasteiger partial charge < -0.3 is 5.32 Å². The van der Waals surface area contributed by atoms with Gasteiger partial charge in [0, 0.05) is 19.2 Å². The molecule has 0 radical (unpaired) electrons. The summed E-state index contributed by atoms with van der Waals surface area (Å²) in [6, 6.07) is 5.29. The van der Waals surface area contributed by atoms with Crippen LogP contribution < -0.4 is 5.32 Å². The molecule has 0 heterocycles. The largest absolute Gasteiger partial charge is 0.312 e. The highest BCUT2D eigenvalue weighted by Crippen LogP contribution is 2.51. The van der Waals surface area contributed by atoms with E-state index in [0.29, 0.717) is 22.4 Å². The molecule has 1 aliphatic carbocycles. The lowest BCUT2D eigenvalue weighted by Crippen LogP contribution is -2.27. The molecule has 1 N–H and O–H groups in total. The van der Waals surface area contributed by atoms with E-state index in [2.05, 4.69) is 35.1 Å². The van der Waals surface area contributed by atoms with Crippen molar-refractivity contribution in [3.63, 3.8) is 0 Å². The van der Waals surface area contributed by atoms with Crippen molar-refractivity contribution in [1.29, 1.82) is 0 Å². The fourth-order valence-electron chi connectivity index (χ4n) is 2.38. The SMILES string of the molecule is CC(C)C1(CNCc2ccc(Br)c([N+](=O)[O-])c2)CC1. The molecule has 5 heteroatoms. The van der Waals surface area contributed by atoms with Crippen LogP contribution in [0.5, 0.6) is 0 Å². The standard InChI is InChI=1S/C14H19BrN2O2/c1-10(2)14(5-6-14)9-16-8-11-3-4-12(15)13(7-11)17(18)19/h3-4,7,10,16H,5-6,8-9H2,1-2H3. The van der Waals surface area contributed by atoms with Gasteiger partial charge in [-0.25, -0.2) is 0 Å². The van der Waals surface area contributed by atoms with Gasteiger partial charge >= 0.3 is 0 Å². The lowest BCUT2D eigenvalue weighted by molar-refractivity contribution is -0.385. The lowest BCUT2D eigenvalue weighted by atomic mass is 9.92. The minimum absolute atomic E-state index is 0.129. The van der Waals surface area contributed by atoms with E-state index in [1.807, 2.05) is 6.07 Å². The third-order valence-electron chi connectivity index (χ3n) is 4.13. The molecule has 0 aromatic heterocycles. The Hall–Kier alpha value is -0.940. The van der Waals surface area contributed by atoms with E-state index in [0.717, 1.165) is 12.1 Å². The fraction of sp³-hybridized carbons (Fsp3) is 0.571. The third-order valence-corrected chi connectivity index (χ3v) is 4.80. The first-order valence-corrected chi connectivity index (χ1v) is 7.37. The summed E-state index contributed by atoms with van der Waals surface area (Å²) >= 11 is 3.20. The third kappa shape index (κ3) is 3.34. The Kier molecular flexibility index (Phi) is 4.26. The molecule has 1 fully saturated rings. The molecule has 0 spiro atoms. The van der Waals surface area contributed by atoms with Crippen molar-refractivity contribution >= 4 is 21.6 Å². The van der Waals surface area contributed by atoms with E-state index < -0.39 is 0 Å². The molecule has 0 atom stereocenters. The van der Waals surface area contributed by atoms with Crippen molar-refractivity contribution in [2.75, 3.05) is 6.54 Å². The molecule has 2 rings (SSSR count). The van der Waals surface area contributed by atoms with Gasteiger partial charge in [-0.1, -0.05) is 19.9 Å². The first-order chi connectivity index (χ1) is 8.94. The summed E-state index contributed by atoms with van der Waals surface area (Å²) in [6.07, 6.45) is 2.58. The van der Waals surface area contributed by atoms with Crippen LogP contribution in [0.2, 0.25) is 0 Å². The smallest absolute Gasteiger partial charge is 0.283 e. The van der Waals surface area contributed by atoms with E-state index in [-0.39, 0.29) is 10.6 Å².